The molecule has 1 aromatic carbocycles. The minimum Gasteiger partial charge on any atom is -0.391 e. The van der Waals surface area contributed by atoms with Crippen molar-refractivity contribution in [3.63, 3.8) is 0 Å². The normalized spacial score (nSPS) is 20.3. The number of rotatable bonds is 4. The van der Waals surface area contributed by atoms with Gasteiger partial charge < -0.3 is 10.0 Å². The molecule has 0 saturated heterocycles. The Bertz CT molecular complexity index is 470. The molecule has 1 atom stereocenters. The molecule has 0 spiro atoms. The summed E-state index contributed by atoms with van der Waals surface area (Å²) in [6.07, 6.45) is 6.32. The fraction of sp³-hybridized carbons (Fsp3) is 0.647. The largest absolute Gasteiger partial charge is 0.391 e. The van der Waals surface area contributed by atoms with Crippen LogP contribution >= 0.6 is 11.6 Å². The van der Waals surface area contributed by atoms with Crippen LogP contribution in [0.4, 0.5) is 4.39 Å². The third-order valence-electron chi connectivity index (χ3n) is 4.93. The van der Waals surface area contributed by atoms with Gasteiger partial charge in [-0.05, 0) is 38.6 Å². The van der Waals surface area contributed by atoms with Gasteiger partial charge in [-0.25, -0.2) is 4.39 Å². The molecule has 0 bridgehead atoms. The van der Waals surface area contributed by atoms with Crippen molar-refractivity contribution in [2.75, 3.05) is 14.1 Å². The molecular formula is C17H25ClFNO. The van der Waals surface area contributed by atoms with E-state index in [1.165, 1.54) is 12.8 Å². The van der Waals surface area contributed by atoms with Gasteiger partial charge in [0.05, 0.1) is 11.1 Å². The summed E-state index contributed by atoms with van der Waals surface area (Å²) in [5, 5.41) is 11.0. The molecule has 1 aliphatic carbocycles. The third-order valence-corrected chi connectivity index (χ3v) is 5.22. The first kappa shape index (κ1) is 16.7. The lowest BCUT2D eigenvalue weighted by Crippen LogP contribution is -2.54. The average molecular weight is 314 g/mol. The Labute approximate surface area is 131 Å². The number of benzene rings is 1. The van der Waals surface area contributed by atoms with Gasteiger partial charge in [0, 0.05) is 12.0 Å². The maximum absolute atomic E-state index is 14.1. The van der Waals surface area contributed by atoms with Gasteiger partial charge >= 0.3 is 0 Å². The smallest absolute Gasteiger partial charge is 0.145 e. The molecule has 1 fully saturated rings. The zero-order valence-corrected chi connectivity index (χ0v) is 13.7. The first-order chi connectivity index (χ1) is 9.97. The highest BCUT2D eigenvalue weighted by molar-refractivity contribution is 6.30. The van der Waals surface area contributed by atoms with Crippen LogP contribution in [0.5, 0.6) is 0 Å². The molecule has 0 radical (unpaired) electrons. The minimum atomic E-state index is -0.585. The number of aliphatic hydroxyl groups is 1. The van der Waals surface area contributed by atoms with E-state index in [0.29, 0.717) is 12.0 Å². The highest BCUT2D eigenvalue weighted by Crippen LogP contribution is 2.35. The summed E-state index contributed by atoms with van der Waals surface area (Å²) < 4.78 is 14.1. The third kappa shape index (κ3) is 3.58. The monoisotopic (exact) mass is 313 g/mol. The second kappa shape index (κ2) is 7.08. The summed E-state index contributed by atoms with van der Waals surface area (Å²) in [6, 6.07) is 4.99. The van der Waals surface area contributed by atoms with Gasteiger partial charge in [0.1, 0.15) is 5.82 Å². The molecule has 1 aliphatic rings. The highest BCUT2D eigenvalue weighted by Gasteiger charge is 2.40. The minimum absolute atomic E-state index is 0.125. The van der Waals surface area contributed by atoms with Crippen LogP contribution < -0.4 is 0 Å². The molecule has 0 heterocycles. The number of hydrogen-bond acceptors (Lipinski definition) is 2. The molecular weight excluding hydrogens is 289 g/mol. The molecule has 2 rings (SSSR count). The van der Waals surface area contributed by atoms with E-state index in [-0.39, 0.29) is 10.6 Å². The lowest BCUT2D eigenvalue weighted by molar-refractivity contribution is -0.0178. The van der Waals surface area contributed by atoms with Crippen molar-refractivity contribution in [1.82, 2.24) is 4.90 Å². The standard InChI is InChI=1S/C17H25ClFNO/c1-20(2)17(10-5-3-4-6-11-17)15(21)12-13-8-7-9-14(18)16(13)19/h7-9,15,21H,3-6,10-12H2,1-2H3. The molecule has 0 aromatic heterocycles. The number of likely N-dealkylation sites (N-methyl/N-ethyl adjacent to an activating group) is 1. The van der Waals surface area contributed by atoms with Crippen molar-refractivity contribution in [3.05, 3.63) is 34.6 Å². The van der Waals surface area contributed by atoms with Crippen molar-refractivity contribution < 1.29 is 9.50 Å². The van der Waals surface area contributed by atoms with Crippen molar-refractivity contribution in [2.24, 2.45) is 0 Å². The van der Waals surface area contributed by atoms with Crippen LogP contribution in [-0.4, -0.2) is 35.7 Å². The topological polar surface area (TPSA) is 23.5 Å². The summed E-state index contributed by atoms with van der Waals surface area (Å²) in [7, 11) is 4.03. The van der Waals surface area contributed by atoms with Crippen LogP contribution in [0.15, 0.2) is 18.2 Å². The van der Waals surface area contributed by atoms with Crippen LogP contribution in [0.2, 0.25) is 5.02 Å². The van der Waals surface area contributed by atoms with E-state index in [0.717, 1.165) is 25.7 Å². The van der Waals surface area contributed by atoms with Crippen molar-refractivity contribution in [3.8, 4) is 0 Å². The second-order valence-corrected chi connectivity index (χ2v) is 6.75. The lowest BCUT2D eigenvalue weighted by atomic mass is 9.80. The quantitative estimate of drug-likeness (QED) is 0.848. The van der Waals surface area contributed by atoms with Crippen LogP contribution in [-0.2, 0) is 6.42 Å². The molecule has 118 valence electrons. The molecule has 1 aromatic rings. The predicted molar refractivity (Wildman–Crippen MR) is 85.2 cm³/mol. The SMILES string of the molecule is CN(C)C1(C(O)Cc2cccc(Cl)c2F)CCCCCC1. The van der Waals surface area contributed by atoms with Gasteiger partial charge in [-0.1, -0.05) is 49.4 Å². The molecule has 0 amide bonds. The Morgan fingerprint density at radius 2 is 1.86 bits per heavy atom. The number of halogens is 2. The highest BCUT2D eigenvalue weighted by atomic mass is 35.5. The molecule has 2 nitrogen and oxygen atoms in total. The molecule has 1 saturated carbocycles. The van der Waals surface area contributed by atoms with Crippen molar-refractivity contribution in [2.45, 2.75) is 56.6 Å². The first-order valence-corrected chi connectivity index (χ1v) is 8.13. The molecule has 1 unspecified atom stereocenters. The van der Waals surface area contributed by atoms with E-state index < -0.39 is 11.9 Å². The van der Waals surface area contributed by atoms with Gasteiger partial charge in [-0.2, -0.15) is 0 Å². The van der Waals surface area contributed by atoms with E-state index in [9.17, 15) is 9.50 Å². The Balaban J connectivity index is 2.22. The van der Waals surface area contributed by atoms with Gasteiger partial charge in [0.15, 0.2) is 0 Å². The second-order valence-electron chi connectivity index (χ2n) is 6.35. The summed E-state index contributed by atoms with van der Waals surface area (Å²) >= 11 is 5.84. The van der Waals surface area contributed by atoms with Gasteiger partial charge in [-0.15, -0.1) is 0 Å². The summed E-state index contributed by atoms with van der Waals surface area (Å²) in [5.41, 5.74) is 0.242. The fourth-order valence-electron chi connectivity index (χ4n) is 3.52. The van der Waals surface area contributed by atoms with E-state index in [1.54, 1.807) is 18.2 Å². The Morgan fingerprint density at radius 3 is 2.43 bits per heavy atom. The van der Waals surface area contributed by atoms with Crippen LogP contribution in [0, 0.1) is 5.82 Å². The van der Waals surface area contributed by atoms with Gasteiger partial charge in [0.2, 0.25) is 0 Å². The van der Waals surface area contributed by atoms with Crippen LogP contribution in [0.1, 0.15) is 44.1 Å². The summed E-state index contributed by atoms with van der Waals surface area (Å²) in [4.78, 5) is 2.13. The Morgan fingerprint density at radius 1 is 1.24 bits per heavy atom. The maximum atomic E-state index is 14.1. The number of hydrogen-bond donors (Lipinski definition) is 1. The molecule has 4 heteroatoms. The van der Waals surface area contributed by atoms with Crippen LogP contribution in [0.3, 0.4) is 0 Å². The molecule has 21 heavy (non-hydrogen) atoms. The van der Waals surface area contributed by atoms with E-state index >= 15 is 0 Å². The molecule has 1 N–H and O–H groups in total. The van der Waals surface area contributed by atoms with Gasteiger partial charge in [-0.3, -0.25) is 0 Å². The van der Waals surface area contributed by atoms with Gasteiger partial charge in [0.25, 0.3) is 0 Å². The number of aliphatic hydroxyl groups excluding tert-OH is 1. The zero-order chi connectivity index (χ0) is 15.5. The molecule has 0 aliphatic heterocycles. The zero-order valence-electron chi connectivity index (χ0n) is 12.9. The van der Waals surface area contributed by atoms with Crippen molar-refractivity contribution in [1.29, 1.82) is 0 Å². The average Bonchev–Trinajstić information content (AvgIpc) is 2.70. The first-order valence-electron chi connectivity index (χ1n) is 7.76. The Hall–Kier alpha value is -0.640. The summed E-state index contributed by atoms with van der Waals surface area (Å²) in [5.74, 6) is -0.402. The van der Waals surface area contributed by atoms with E-state index in [1.807, 2.05) is 14.1 Å². The van der Waals surface area contributed by atoms with E-state index in [4.69, 9.17) is 11.6 Å². The summed E-state index contributed by atoms with van der Waals surface area (Å²) in [6.45, 7) is 0. The predicted octanol–water partition coefficient (Wildman–Crippen LogP) is 4.04. The van der Waals surface area contributed by atoms with Crippen molar-refractivity contribution >= 4 is 11.6 Å². The fourth-order valence-corrected chi connectivity index (χ4v) is 3.72. The maximum Gasteiger partial charge on any atom is 0.145 e. The number of nitrogens with zero attached hydrogens (tertiary/aromatic N) is 1. The lowest BCUT2D eigenvalue weighted by Gasteiger charge is -2.43. The van der Waals surface area contributed by atoms with Crippen LogP contribution in [0.25, 0.3) is 0 Å². The Kier molecular flexibility index (Phi) is 5.64. The van der Waals surface area contributed by atoms with E-state index in [2.05, 4.69) is 4.90 Å².